The maximum atomic E-state index is 10.3. The summed E-state index contributed by atoms with van der Waals surface area (Å²) >= 11 is 1.93. The predicted molar refractivity (Wildman–Crippen MR) is 89.3 cm³/mol. The highest BCUT2D eigenvalue weighted by atomic mass is 32.2. The molecule has 0 spiro atoms. The Kier molecular flexibility index (Phi) is 6.37. The van der Waals surface area contributed by atoms with Crippen LogP contribution < -0.4 is 4.74 Å². The third-order valence-corrected chi connectivity index (χ3v) is 5.78. The van der Waals surface area contributed by atoms with E-state index in [4.69, 9.17) is 4.74 Å². The fourth-order valence-electron chi connectivity index (χ4n) is 3.04. The molecule has 1 aliphatic carbocycles. The van der Waals surface area contributed by atoms with E-state index in [0.717, 1.165) is 33.6 Å². The summed E-state index contributed by atoms with van der Waals surface area (Å²) in [6.45, 7) is 4.02. The Morgan fingerprint density at radius 3 is 2.71 bits per heavy atom. The van der Waals surface area contributed by atoms with Crippen LogP contribution in [0.4, 0.5) is 0 Å². The summed E-state index contributed by atoms with van der Waals surface area (Å²) < 4.78 is 5.43. The van der Waals surface area contributed by atoms with Crippen LogP contribution in [0.25, 0.3) is 0 Å². The van der Waals surface area contributed by atoms with Crippen LogP contribution in [0.2, 0.25) is 0 Å². The Morgan fingerprint density at radius 1 is 1.33 bits per heavy atom. The number of thioether (sulfide) groups is 1. The van der Waals surface area contributed by atoms with Gasteiger partial charge in [0, 0.05) is 40.4 Å². The minimum atomic E-state index is -0.324. The smallest absolute Gasteiger partial charge is 0.128 e. The van der Waals surface area contributed by atoms with Gasteiger partial charge in [-0.25, -0.2) is 0 Å². The third-order valence-electron chi connectivity index (χ3n) is 4.26. The monoisotopic (exact) mass is 309 g/mol. The fourth-order valence-corrected chi connectivity index (χ4v) is 4.32. The van der Waals surface area contributed by atoms with Crippen molar-refractivity contribution in [3.05, 3.63) is 23.0 Å². The highest BCUT2D eigenvalue weighted by Gasteiger charge is 2.17. The number of pyridine rings is 1. The van der Waals surface area contributed by atoms with Gasteiger partial charge in [-0.3, -0.25) is 4.98 Å². The first-order valence-electron chi connectivity index (χ1n) is 7.90. The van der Waals surface area contributed by atoms with Gasteiger partial charge in [0.1, 0.15) is 5.75 Å². The number of methoxy groups -OCH3 is 1. The zero-order chi connectivity index (χ0) is 15.2. The average molecular weight is 309 g/mol. The lowest BCUT2D eigenvalue weighted by Crippen LogP contribution is -2.19. The Balaban J connectivity index is 1.88. The quantitative estimate of drug-likeness (QED) is 0.870. The van der Waals surface area contributed by atoms with Crippen molar-refractivity contribution in [2.75, 3.05) is 12.9 Å². The van der Waals surface area contributed by atoms with E-state index in [1.807, 2.05) is 31.8 Å². The van der Waals surface area contributed by atoms with E-state index in [2.05, 4.69) is 4.98 Å². The Labute approximate surface area is 132 Å². The minimum absolute atomic E-state index is 0.324. The zero-order valence-electron chi connectivity index (χ0n) is 13.4. The summed E-state index contributed by atoms with van der Waals surface area (Å²) in [6.07, 6.45) is 8.83. The highest BCUT2D eigenvalue weighted by molar-refractivity contribution is 7.99. The second kappa shape index (κ2) is 8.04. The molecule has 1 aromatic heterocycles. The standard InChI is InChI=1S/C17H27NO2S/c1-12-10-18-16(13(2)17(12)20-3)9-14(19)11-21-15-7-5-4-6-8-15/h10,14-15,19H,4-9,11H2,1-3H3. The summed E-state index contributed by atoms with van der Waals surface area (Å²) in [6, 6.07) is 0. The second-order valence-corrected chi connectivity index (χ2v) is 7.33. The number of nitrogens with zero attached hydrogens (tertiary/aromatic N) is 1. The molecule has 1 atom stereocenters. The largest absolute Gasteiger partial charge is 0.496 e. The molecule has 0 bridgehead atoms. The number of aryl methyl sites for hydroxylation is 1. The van der Waals surface area contributed by atoms with E-state index < -0.39 is 0 Å². The lowest BCUT2D eigenvalue weighted by molar-refractivity contribution is 0.198. The van der Waals surface area contributed by atoms with Gasteiger partial charge in [-0.2, -0.15) is 11.8 Å². The molecule has 1 unspecified atom stereocenters. The molecule has 1 heterocycles. The van der Waals surface area contributed by atoms with E-state index in [0.29, 0.717) is 6.42 Å². The summed E-state index contributed by atoms with van der Waals surface area (Å²) in [5.41, 5.74) is 3.05. The molecule has 0 aliphatic heterocycles. The van der Waals surface area contributed by atoms with Crippen LogP contribution in [-0.4, -0.2) is 34.3 Å². The molecule has 1 aliphatic rings. The molecule has 118 valence electrons. The van der Waals surface area contributed by atoms with Crippen LogP contribution >= 0.6 is 11.8 Å². The van der Waals surface area contributed by atoms with Gasteiger partial charge in [-0.05, 0) is 26.7 Å². The lowest BCUT2D eigenvalue weighted by atomic mass is 10.0. The molecular weight excluding hydrogens is 282 g/mol. The second-order valence-electron chi connectivity index (χ2n) is 6.00. The molecule has 1 saturated carbocycles. The first-order valence-corrected chi connectivity index (χ1v) is 8.95. The van der Waals surface area contributed by atoms with Gasteiger partial charge in [-0.1, -0.05) is 19.3 Å². The van der Waals surface area contributed by atoms with E-state index >= 15 is 0 Å². The van der Waals surface area contributed by atoms with Gasteiger partial charge in [0.15, 0.2) is 0 Å². The van der Waals surface area contributed by atoms with E-state index in [9.17, 15) is 5.11 Å². The molecule has 1 aromatic rings. The number of hydrogen-bond donors (Lipinski definition) is 1. The number of ether oxygens (including phenoxy) is 1. The fraction of sp³-hybridized carbons (Fsp3) is 0.706. The SMILES string of the molecule is COc1c(C)cnc(CC(O)CSC2CCCCC2)c1C. The van der Waals surface area contributed by atoms with Crippen LogP contribution in [0.15, 0.2) is 6.20 Å². The number of aliphatic hydroxyl groups is 1. The molecule has 4 heteroatoms. The van der Waals surface area contributed by atoms with Crippen molar-refractivity contribution in [3.8, 4) is 5.75 Å². The molecule has 2 rings (SSSR count). The molecule has 1 N–H and O–H groups in total. The molecule has 21 heavy (non-hydrogen) atoms. The van der Waals surface area contributed by atoms with E-state index in [1.165, 1.54) is 32.1 Å². The van der Waals surface area contributed by atoms with E-state index in [-0.39, 0.29) is 6.10 Å². The molecule has 1 fully saturated rings. The molecule has 0 radical (unpaired) electrons. The van der Waals surface area contributed by atoms with Crippen molar-refractivity contribution in [1.29, 1.82) is 0 Å². The molecule has 3 nitrogen and oxygen atoms in total. The maximum absolute atomic E-state index is 10.3. The first kappa shape index (κ1) is 16.6. The molecule has 0 aromatic carbocycles. The summed E-state index contributed by atoms with van der Waals surface area (Å²) in [5.74, 6) is 1.70. The van der Waals surface area contributed by atoms with Gasteiger partial charge in [0.25, 0.3) is 0 Å². The number of aromatic nitrogens is 1. The van der Waals surface area contributed by atoms with Crippen molar-refractivity contribution >= 4 is 11.8 Å². The average Bonchev–Trinajstić information content (AvgIpc) is 2.50. The Hall–Kier alpha value is -0.740. The van der Waals surface area contributed by atoms with Gasteiger partial charge in [0.2, 0.25) is 0 Å². The van der Waals surface area contributed by atoms with Crippen molar-refractivity contribution < 1.29 is 9.84 Å². The summed E-state index contributed by atoms with van der Waals surface area (Å²) in [5, 5.41) is 11.0. The van der Waals surface area contributed by atoms with Gasteiger partial charge >= 0.3 is 0 Å². The Bertz CT molecular complexity index is 458. The first-order chi connectivity index (χ1) is 10.1. The van der Waals surface area contributed by atoms with Crippen molar-refractivity contribution in [1.82, 2.24) is 4.98 Å². The normalized spacial score (nSPS) is 17.7. The number of hydrogen-bond acceptors (Lipinski definition) is 4. The minimum Gasteiger partial charge on any atom is -0.496 e. The van der Waals surface area contributed by atoms with Crippen LogP contribution in [0.5, 0.6) is 5.75 Å². The molecular formula is C17H27NO2S. The van der Waals surface area contributed by atoms with Gasteiger partial charge < -0.3 is 9.84 Å². The summed E-state index contributed by atoms with van der Waals surface area (Å²) in [4.78, 5) is 4.47. The highest BCUT2D eigenvalue weighted by Crippen LogP contribution is 2.29. The lowest BCUT2D eigenvalue weighted by Gasteiger charge is -2.22. The van der Waals surface area contributed by atoms with Crippen molar-refractivity contribution in [2.45, 2.75) is 63.7 Å². The number of rotatable bonds is 6. The number of aliphatic hydroxyl groups excluding tert-OH is 1. The van der Waals surface area contributed by atoms with Gasteiger partial charge in [-0.15, -0.1) is 0 Å². The van der Waals surface area contributed by atoms with E-state index in [1.54, 1.807) is 7.11 Å². The van der Waals surface area contributed by atoms with Crippen LogP contribution in [0, 0.1) is 13.8 Å². The van der Waals surface area contributed by atoms with Crippen LogP contribution in [-0.2, 0) is 6.42 Å². The van der Waals surface area contributed by atoms with Crippen LogP contribution in [0.1, 0.15) is 48.9 Å². The topological polar surface area (TPSA) is 42.4 Å². The predicted octanol–water partition coefficient (Wildman–Crippen LogP) is 3.68. The molecule has 0 saturated heterocycles. The third kappa shape index (κ3) is 4.62. The van der Waals surface area contributed by atoms with Crippen molar-refractivity contribution in [2.24, 2.45) is 0 Å². The maximum Gasteiger partial charge on any atom is 0.128 e. The van der Waals surface area contributed by atoms with Crippen LogP contribution in [0.3, 0.4) is 0 Å². The van der Waals surface area contributed by atoms with Crippen molar-refractivity contribution in [3.63, 3.8) is 0 Å². The Morgan fingerprint density at radius 2 is 2.05 bits per heavy atom. The zero-order valence-corrected chi connectivity index (χ0v) is 14.2. The summed E-state index contributed by atoms with van der Waals surface area (Å²) in [7, 11) is 1.69. The molecule has 0 amide bonds. The van der Waals surface area contributed by atoms with Gasteiger partial charge in [0.05, 0.1) is 13.2 Å².